The Hall–Kier alpha value is -2.09. The SMILES string of the molecule is CCCCSc1c(OC)cc2c3c(cccc13)C(=O)N(CCCN1CCOCC1)C2=O. The number of carbonyl (C=O) groups is 2. The Kier molecular flexibility index (Phi) is 7.15. The smallest absolute Gasteiger partial charge is 0.261 e. The molecule has 0 unspecified atom stereocenters. The monoisotopic (exact) mass is 442 g/mol. The molecule has 0 bridgehead atoms. The molecule has 0 atom stereocenters. The molecule has 0 N–H and O–H groups in total. The van der Waals surface area contributed by atoms with E-state index in [9.17, 15) is 9.59 Å². The Balaban J connectivity index is 1.62. The van der Waals surface area contributed by atoms with Crippen molar-refractivity contribution < 1.29 is 19.1 Å². The number of thioether (sulfide) groups is 1. The number of imide groups is 1. The van der Waals surface area contributed by atoms with Crippen molar-refractivity contribution in [1.82, 2.24) is 9.80 Å². The lowest BCUT2D eigenvalue weighted by Crippen LogP contribution is -2.43. The molecule has 2 aliphatic heterocycles. The van der Waals surface area contributed by atoms with E-state index >= 15 is 0 Å². The molecular weight excluding hydrogens is 412 g/mol. The van der Waals surface area contributed by atoms with E-state index in [4.69, 9.17) is 9.47 Å². The number of nitrogens with zero attached hydrogens (tertiary/aromatic N) is 2. The third-order valence-corrected chi connectivity index (χ3v) is 7.16. The van der Waals surface area contributed by atoms with E-state index < -0.39 is 0 Å². The highest BCUT2D eigenvalue weighted by molar-refractivity contribution is 7.99. The molecule has 2 amide bonds. The predicted molar refractivity (Wildman–Crippen MR) is 123 cm³/mol. The highest BCUT2D eigenvalue weighted by Gasteiger charge is 2.34. The molecule has 0 aliphatic carbocycles. The minimum Gasteiger partial charge on any atom is -0.496 e. The molecule has 2 aromatic carbocycles. The lowest BCUT2D eigenvalue weighted by Gasteiger charge is -2.30. The molecule has 2 aromatic rings. The van der Waals surface area contributed by atoms with Crippen molar-refractivity contribution in [2.45, 2.75) is 31.1 Å². The van der Waals surface area contributed by atoms with Gasteiger partial charge in [0.05, 0.1) is 30.8 Å². The lowest BCUT2D eigenvalue weighted by molar-refractivity contribution is 0.0352. The Morgan fingerprint density at radius 1 is 1.06 bits per heavy atom. The van der Waals surface area contributed by atoms with Gasteiger partial charge in [-0.2, -0.15) is 0 Å². The van der Waals surface area contributed by atoms with Crippen molar-refractivity contribution in [3.63, 3.8) is 0 Å². The molecule has 4 rings (SSSR count). The van der Waals surface area contributed by atoms with Crippen LogP contribution in [0.1, 0.15) is 46.9 Å². The third-order valence-electron chi connectivity index (χ3n) is 5.95. The van der Waals surface area contributed by atoms with Crippen LogP contribution in [0, 0.1) is 0 Å². The molecule has 2 heterocycles. The van der Waals surface area contributed by atoms with Gasteiger partial charge in [-0.05, 0) is 30.7 Å². The molecule has 31 heavy (non-hydrogen) atoms. The number of ether oxygens (including phenoxy) is 2. The maximum atomic E-state index is 13.3. The second kappa shape index (κ2) is 10.0. The minimum atomic E-state index is -0.223. The number of morpholine rings is 1. The zero-order chi connectivity index (χ0) is 21.8. The van der Waals surface area contributed by atoms with Gasteiger partial charge < -0.3 is 9.47 Å². The lowest BCUT2D eigenvalue weighted by atomic mass is 9.93. The number of hydrogen-bond donors (Lipinski definition) is 0. The van der Waals surface area contributed by atoms with Crippen LogP contribution >= 0.6 is 11.8 Å². The Bertz CT molecular complexity index is 972. The van der Waals surface area contributed by atoms with Crippen LogP contribution in [0.4, 0.5) is 0 Å². The summed E-state index contributed by atoms with van der Waals surface area (Å²) < 4.78 is 11.1. The number of carbonyl (C=O) groups excluding carboxylic acids is 2. The van der Waals surface area contributed by atoms with Gasteiger partial charge in [0, 0.05) is 42.5 Å². The second-order valence-corrected chi connectivity index (χ2v) is 9.06. The molecule has 0 aromatic heterocycles. The fourth-order valence-corrected chi connectivity index (χ4v) is 5.51. The number of amides is 2. The first kappa shape index (κ1) is 22.1. The van der Waals surface area contributed by atoms with Crippen LogP contribution in [0.2, 0.25) is 0 Å². The Labute approximate surface area is 187 Å². The average Bonchev–Trinajstić information content (AvgIpc) is 2.80. The summed E-state index contributed by atoms with van der Waals surface area (Å²) in [6.45, 7) is 6.73. The quantitative estimate of drug-likeness (QED) is 0.332. The van der Waals surface area contributed by atoms with Crippen LogP contribution in [0.5, 0.6) is 5.75 Å². The van der Waals surface area contributed by atoms with E-state index in [0.717, 1.165) is 73.5 Å². The molecule has 2 aliphatic rings. The molecule has 1 fully saturated rings. The molecule has 166 valence electrons. The van der Waals surface area contributed by atoms with Crippen molar-refractivity contribution in [3.05, 3.63) is 35.4 Å². The van der Waals surface area contributed by atoms with Crippen LogP contribution in [0.15, 0.2) is 29.2 Å². The number of benzene rings is 2. The fraction of sp³-hybridized carbons (Fsp3) is 0.500. The molecule has 0 saturated carbocycles. The van der Waals surface area contributed by atoms with Crippen molar-refractivity contribution in [1.29, 1.82) is 0 Å². The van der Waals surface area contributed by atoms with Crippen molar-refractivity contribution in [3.8, 4) is 5.75 Å². The van der Waals surface area contributed by atoms with Crippen LogP contribution < -0.4 is 4.74 Å². The van der Waals surface area contributed by atoms with Gasteiger partial charge in [-0.3, -0.25) is 19.4 Å². The second-order valence-electron chi connectivity index (χ2n) is 7.96. The summed E-state index contributed by atoms with van der Waals surface area (Å²) in [7, 11) is 1.64. The summed E-state index contributed by atoms with van der Waals surface area (Å²) in [5, 5.41) is 1.70. The standard InChI is InChI=1S/C24H30N2O4S/c1-3-4-15-31-22-17-7-5-8-18-21(17)19(16-20(22)29-2)24(28)26(23(18)27)10-6-9-25-11-13-30-14-12-25/h5,7-8,16H,3-4,6,9-15H2,1-2H3. The highest BCUT2D eigenvalue weighted by atomic mass is 32.2. The van der Waals surface area contributed by atoms with Gasteiger partial charge in [-0.25, -0.2) is 0 Å². The summed E-state index contributed by atoms with van der Waals surface area (Å²) in [4.78, 5) is 31.3. The number of rotatable bonds is 9. The van der Waals surface area contributed by atoms with E-state index in [1.807, 2.05) is 24.3 Å². The van der Waals surface area contributed by atoms with E-state index in [1.165, 1.54) is 4.90 Å². The maximum absolute atomic E-state index is 13.3. The molecule has 1 saturated heterocycles. The summed E-state index contributed by atoms with van der Waals surface area (Å²) in [6, 6.07) is 7.56. The molecule has 7 heteroatoms. The van der Waals surface area contributed by atoms with E-state index in [-0.39, 0.29) is 11.8 Å². The number of unbranched alkanes of at least 4 members (excludes halogenated alkanes) is 1. The van der Waals surface area contributed by atoms with Gasteiger partial charge in [-0.1, -0.05) is 25.5 Å². The zero-order valence-corrected chi connectivity index (χ0v) is 19.1. The first-order chi connectivity index (χ1) is 15.2. The van der Waals surface area contributed by atoms with Crippen LogP contribution in [-0.2, 0) is 4.74 Å². The molecular formula is C24H30N2O4S. The molecule has 6 nitrogen and oxygen atoms in total. The molecule has 0 radical (unpaired) electrons. The largest absolute Gasteiger partial charge is 0.496 e. The predicted octanol–water partition coefficient (Wildman–Crippen LogP) is 4.06. The van der Waals surface area contributed by atoms with E-state index in [1.54, 1.807) is 18.9 Å². The first-order valence-corrected chi connectivity index (χ1v) is 12.1. The van der Waals surface area contributed by atoms with Gasteiger partial charge in [-0.15, -0.1) is 11.8 Å². The highest BCUT2D eigenvalue weighted by Crippen LogP contribution is 2.42. The fourth-order valence-electron chi connectivity index (χ4n) is 4.26. The zero-order valence-electron chi connectivity index (χ0n) is 18.3. The van der Waals surface area contributed by atoms with Crippen LogP contribution in [0.25, 0.3) is 10.8 Å². The maximum Gasteiger partial charge on any atom is 0.261 e. The normalized spacial score (nSPS) is 16.9. The van der Waals surface area contributed by atoms with Gasteiger partial charge >= 0.3 is 0 Å². The Morgan fingerprint density at radius 3 is 2.58 bits per heavy atom. The van der Waals surface area contributed by atoms with Gasteiger partial charge in [0.25, 0.3) is 11.8 Å². The summed E-state index contributed by atoms with van der Waals surface area (Å²) in [5.41, 5.74) is 1.17. The van der Waals surface area contributed by atoms with Crippen molar-refractivity contribution in [2.75, 3.05) is 52.3 Å². The number of methoxy groups -OCH3 is 1. The topological polar surface area (TPSA) is 59.1 Å². The van der Waals surface area contributed by atoms with Gasteiger partial charge in [0.1, 0.15) is 5.75 Å². The van der Waals surface area contributed by atoms with Crippen LogP contribution in [0.3, 0.4) is 0 Å². The minimum absolute atomic E-state index is 0.195. The molecule has 0 spiro atoms. The van der Waals surface area contributed by atoms with Crippen LogP contribution in [-0.4, -0.2) is 73.9 Å². The third kappa shape index (κ3) is 4.45. The van der Waals surface area contributed by atoms with E-state index in [0.29, 0.717) is 23.4 Å². The summed E-state index contributed by atoms with van der Waals surface area (Å²) in [5.74, 6) is 1.26. The van der Waals surface area contributed by atoms with Gasteiger partial charge in [0.2, 0.25) is 0 Å². The first-order valence-electron chi connectivity index (χ1n) is 11.1. The average molecular weight is 443 g/mol. The summed E-state index contributed by atoms with van der Waals surface area (Å²) >= 11 is 1.73. The Morgan fingerprint density at radius 2 is 1.84 bits per heavy atom. The van der Waals surface area contributed by atoms with Gasteiger partial charge in [0.15, 0.2) is 0 Å². The summed E-state index contributed by atoms with van der Waals surface area (Å²) in [6.07, 6.45) is 2.98. The van der Waals surface area contributed by atoms with Crippen molar-refractivity contribution in [2.24, 2.45) is 0 Å². The van der Waals surface area contributed by atoms with E-state index in [2.05, 4.69) is 11.8 Å². The number of hydrogen-bond acceptors (Lipinski definition) is 6. The van der Waals surface area contributed by atoms with Crippen molar-refractivity contribution >= 4 is 34.3 Å².